The molecular weight excluding hydrogens is 366 g/mol. The molecule has 3 rings (SSSR count). The van der Waals surface area contributed by atoms with E-state index in [1.54, 1.807) is 11.0 Å². The van der Waals surface area contributed by atoms with Gasteiger partial charge in [-0.2, -0.15) is 0 Å². The molecule has 0 bridgehead atoms. The molecule has 152 valence electrons. The highest BCUT2D eigenvalue weighted by molar-refractivity contribution is 5.93. The van der Waals surface area contributed by atoms with Gasteiger partial charge in [-0.15, -0.1) is 0 Å². The van der Waals surface area contributed by atoms with Gasteiger partial charge in [-0.1, -0.05) is 0 Å². The number of nitrogens with zero attached hydrogens (tertiary/aromatic N) is 3. The number of morpholine rings is 1. The highest BCUT2D eigenvalue weighted by Crippen LogP contribution is 2.31. The number of esters is 1. The van der Waals surface area contributed by atoms with E-state index in [9.17, 15) is 19.7 Å². The van der Waals surface area contributed by atoms with Gasteiger partial charge < -0.3 is 19.3 Å². The molecule has 9 nitrogen and oxygen atoms in total. The van der Waals surface area contributed by atoms with E-state index in [0.717, 1.165) is 25.9 Å². The summed E-state index contributed by atoms with van der Waals surface area (Å²) in [5.41, 5.74) is 0.441. The fourth-order valence-corrected chi connectivity index (χ4v) is 3.71. The average Bonchev–Trinajstić information content (AvgIpc) is 3.19. The van der Waals surface area contributed by atoms with Gasteiger partial charge in [-0.3, -0.25) is 14.9 Å². The summed E-state index contributed by atoms with van der Waals surface area (Å²) in [4.78, 5) is 39.1. The largest absolute Gasteiger partial charge is 0.452 e. The second kappa shape index (κ2) is 8.55. The van der Waals surface area contributed by atoms with Crippen molar-refractivity contribution in [3.63, 3.8) is 0 Å². The summed E-state index contributed by atoms with van der Waals surface area (Å²) in [6.07, 6.45) is 1.82. The van der Waals surface area contributed by atoms with Crippen LogP contribution in [-0.4, -0.2) is 66.7 Å². The molecule has 0 spiro atoms. The standard InChI is InChI=1S/C19H25N3O6/c1-13-10-21(11-14(2)28-13)18(23)12-27-19(24)15-5-6-16(17(9-15)22(25)26)20-7-3-4-8-20/h5-6,9,13-14H,3-4,7-8,10-12H2,1-2H3/t13-,14-/m1/s1. The summed E-state index contributed by atoms with van der Waals surface area (Å²) in [6.45, 7) is 5.75. The second-order valence-electron chi connectivity index (χ2n) is 7.29. The van der Waals surface area contributed by atoms with Crippen molar-refractivity contribution >= 4 is 23.3 Å². The van der Waals surface area contributed by atoms with Gasteiger partial charge in [-0.25, -0.2) is 4.79 Å². The number of hydrogen-bond donors (Lipinski definition) is 0. The van der Waals surface area contributed by atoms with Gasteiger partial charge in [-0.05, 0) is 38.8 Å². The van der Waals surface area contributed by atoms with Crippen LogP contribution in [0.3, 0.4) is 0 Å². The lowest BCUT2D eigenvalue weighted by atomic mass is 10.1. The van der Waals surface area contributed by atoms with Crippen LogP contribution >= 0.6 is 0 Å². The Balaban J connectivity index is 1.64. The molecule has 0 radical (unpaired) electrons. The number of nitro groups is 1. The van der Waals surface area contributed by atoms with Crippen LogP contribution in [0.1, 0.15) is 37.0 Å². The van der Waals surface area contributed by atoms with Gasteiger partial charge in [0, 0.05) is 32.2 Å². The Bertz CT molecular complexity index is 752. The van der Waals surface area contributed by atoms with Crippen molar-refractivity contribution in [2.75, 3.05) is 37.7 Å². The fraction of sp³-hybridized carbons (Fsp3) is 0.579. The minimum absolute atomic E-state index is 0.0613. The normalized spacial score (nSPS) is 22.2. The van der Waals surface area contributed by atoms with E-state index in [2.05, 4.69) is 0 Å². The minimum Gasteiger partial charge on any atom is -0.452 e. The predicted octanol–water partition coefficient (Wildman–Crippen LogP) is 1.99. The molecule has 28 heavy (non-hydrogen) atoms. The molecule has 0 saturated carbocycles. The maximum atomic E-state index is 12.3. The number of nitro benzene ring substituents is 1. The minimum atomic E-state index is -0.751. The molecule has 0 aromatic heterocycles. The van der Waals surface area contributed by atoms with Crippen molar-refractivity contribution in [3.8, 4) is 0 Å². The molecule has 0 aliphatic carbocycles. The van der Waals surface area contributed by atoms with Crippen LogP contribution < -0.4 is 4.90 Å². The lowest BCUT2D eigenvalue weighted by molar-refractivity contribution is -0.384. The zero-order valence-electron chi connectivity index (χ0n) is 16.1. The molecule has 1 aromatic carbocycles. The maximum absolute atomic E-state index is 12.3. The number of benzene rings is 1. The number of carbonyl (C=O) groups excluding carboxylic acids is 2. The van der Waals surface area contributed by atoms with E-state index in [-0.39, 0.29) is 29.4 Å². The topological polar surface area (TPSA) is 102 Å². The number of hydrogen-bond acceptors (Lipinski definition) is 7. The van der Waals surface area contributed by atoms with Crippen LogP contribution in [-0.2, 0) is 14.3 Å². The van der Waals surface area contributed by atoms with Crippen molar-refractivity contribution in [2.24, 2.45) is 0 Å². The summed E-state index contributed by atoms with van der Waals surface area (Å²) in [7, 11) is 0. The average molecular weight is 391 g/mol. The van der Waals surface area contributed by atoms with Gasteiger partial charge in [0.25, 0.3) is 11.6 Å². The molecule has 0 N–H and O–H groups in total. The first-order valence-electron chi connectivity index (χ1n) is 9.49. The maximum Gasteiger partial charge on any atom is 0.338 e. The molecule has 2 heterocycles. The van der Waals surface area contributed by atoms with Crippen molar-refractivity contribution in [1.29, 1.82) is 0 Å². The molecule has 0 unspecified atom stereocenters. The molecule has 2 saturated heterocycles. The summed E-state index contributed by atoms with van der Waals surface area (Å²) < 4.78 is 10.7. The first-order chi connectivity index (χ1) is 13.3. The monoisotopic (exact) mass is 391 g/mol. The summed E-state index contributed by atoms with van der Waals surface area (Å²) >= 11 is 0. The molecular formula is C19H25N3O6. The van der Waals surface area contributed by atoms with Gasteiger partial charge >= 0.3 is 5.97 Å². The number of carbonyl (C=O) groups is 2. The van der Waals surface area contributed by atoms with Gasteiger partial charge in [0.1, 0.15) is 5.69 Å². The van der Waals surface area contributed by atoms with Crippen LogP contribution in [0.15, 0.2) is 18.2 Å². The fourth-order valence-electron chi connectivity index (χ4n) is 3.71. The third-order valence-corrected chi connectivity index (χ3v) is 4.95. The third kappa shape index (κ3) is 4.59. The van der Waals surface area contributed by atoms with E-state index >= 15 is 0 Å². The Morgan fingerprint density at radius 1 is 1.21 bits per heavy atom. The van der Waals surface area contributed by atoms with Gasteiger partial charge in [0.15, 0.2) is 6.61 Å². The molecule has 2 fully saturated rings. The predicted molar refractivity (Wildman–Crippen MR) is 101 cm³/mol. The Morgan fingerprint density at radius 3 is 2.46 bits per heavy atom. The zero-order valence-corrected chi connectivity index (χ0v) is 16.1. The van der Waals surface area contributed by atoms with Crippen molar-refractivity contribution in [2.45, 2.75) is 38.9 Å². The molecule has 2 aliphatic rings. The van der Waals surface area contributed by atoms with E-state index in [4.69, 9.17) is 9.47 Å². The third-order valence-electron chi connectivity index (χ3n) is 4.95. The zero-order chi connectivity index (χ0) is 20.3. The highest BCUT2D eigenvalue weighted by atomic mass is 16.6. The molecule has 1 aromatic rings. The van der Waals surface area contributed by atoms with Crippen molar-refractivity contribution < 1.29 is 24.0 Å². The molecule has 9 heteroatoms. The molecule has 2 atom stereocenters. The molecule has 2 aliphatic heterocycles. The van der Waals surface area contributed by atoms with Crippen LogP contribution in [0, 0.1) is 10.1 Å². The Labute approximate surface area is 163 Å². The number of rotatable bonds is 5. The summed E-state index contributed by atoms with van der Waals surface area (Å²) in [5, 5.41) is 11.4. The van der Waals surface area contributed by atoms with E-state index in [1.807, 2.05) is 18.7 Å². The van der Waals surface area contributed by atoms with Crippen molar-refractivity contribution in [3.05, 3.63) is 33.9 Å². The van der Waals surface area contributed by atoms with Crippen LogP contribution in [0.25, 0.3) is 0 Å². The Kier molecular flexibility index (Phi) is 6.13. The summed E-state index contributed by atoms with van der Waals surface area (Å²) in [5.74, 6) is -1.06. The first-order valence-corrected chi connectivity index (χ1v) is 9.49. The lowest BCUT2D eigenvalue weighted by Crippen LogP contribution is -2.49. The van der Waals surface area contributed by atoms with Gasteiger partial charge in [0.05, 0.1) is 22.7 Å². The summed E-state index contributed by atoms with van der Waals surface area (Å²) in [6, 6.07) is 4.30. The number of amides is 1. The Hall–Kier alpha value is -2.68. The first kappa shape index (κ1) is 20.1. The van der Waals surface area contributed by atoms with Gasteiger partial charge in [0.2, 0.25) is 0 Å². The van der Waals surface area contributed by atoms with E-state index in [0.29, 0.717) is 18.8 Å². The SMILES string of the molecule is C[C@@H]1CN(C(=O)COC(=O)c2ccc(N3CCCC3)c([N+](=O)[O-])c2)C[C@@H](C)O1. The van der Waals surface area contributed by atoms with Crippen LogP contribution in [0.2, 0.25) is 0 Å². The number of ether oxygens (including phenoxy) is 2. The van der Waals surface area contributed by atoms with Crippen LogP contribution in [0.4, 0.5) is 11.4 Å². The van der Waals surface area contributed by atoms with Crippen LogP contribution in [0.5, 0.6) is 0 Å². The lowest BCUT2D eigenvalue weighted by Gasteiger charge is -2.35. The van der Waals surface area contributed by atoms with E-state index < -0.39 is 17.5 Å². The Morgan fingerprint density at radius 2 is 1.86 bits per heavy atom. The molecule has 1 amide bonds. The number of anilines is 1. The highest BCUT2D eigenvalue weighted by Gasteiger charge is 2.27. The second-order valence-corrected chi connectivity index (χ2v) is 7.29. The quantitative estimate of drug-likeness (QED) is 0.430. The smallest absolute Gasteiger partial charge is 0.338 e. The van der Waals surface area contributed by atoms with Crippen molar-refractivity contribution in [1.82, 2.24) is 4.90 Å². The van der Waals surface area contributed by atoms with E-state index in [1.165, 1.54) is 12.1 Å².